The fraction of sp³-hybridized carbons (Fsp3) is 0.412. The van der Waals surface area contributed by atoms with Gasteiger partial charge in [-0.1, -0.05) is 12.1 Å². The molecule has 3 rings (SSSR count). The summed E-state index contributed by atoms with van der Waals surface area (Å²) in [5.41, 5.74) is 6.88. The van der Waals surface area contributed by atoms with Crippen molar-refractivity contribution >= 4 is 28.2 Å². The number of carbonyl (C=O) groups is 1. The number of esters is 1. The Labute approximate surface area is 130 Å². The van der Waals surface area contributed by atoms with Gasteiger partial charge in [-0.3, -0.25) is 4.79 Å². The second-order valence-corrected chi connectivity index (χ2v) is 5.59. The summed E-state index contributed by atoms with van der Waals surface area (Å²) in [5.74, 6) is 0.842. The lowest BCUT2D eigenvalue weighted by Crippen LogP contribution is -2.37. The highest BCUT2D eigenvalue weighted by atomic mass is 16.5. The molecule has 0 unspecified atom stereocenters. The summed E-state index contributed by atoms with van der Waals surface area (Å²) in [7, 11) is 0. The van der Waals surface area contributed by atoms with Crippen LogP contribution in [0.25, 0.3) is 10.8 Å². The summed E-state index contributed by atoms with van der Waals surface area (Å²) in [6.07, 6.45) is 3.40. The summed E-state index contributed by atoms with van der Waals surface area (Å²) in [6, 6.07) is 7.87. The van der Waals surface area contributed by atoms with Gasteiger partial charge in [-0.15, -0.1) is 0 Å². The number of carbonyl (C=O) groups excluding carboxylic acids is 1. The third kappa shape index (κ3) is 2.71. The second-order valence-electron chi connectivity index (χ2n) is 5.59. The maximum atomic E-state index is 11.8. The normalized spacial score (nSPS) is 16.0. The molecule has 0 aliphatic carbocycles. The van der Waals surface area contributed by atoms with Gasteiger partial charge in [-0.05, 0) is 37.3 Å². The van der Waals surface area contributed by atoms with Gasteiger partial charge in [0.25, 0.3) is 0 Å². The summed E-state index contributed by atoms with van der Waals surface area (Å²) in [5, 5.41) is 2.09. The Balaban J connectivity index is 1.81. The molecule has 1 aliphatic heterocycles. The quantitative estimate of drug-likeness (QED) is 0.697. The van der Waals surface area contributed by atoms with Crippen LogP contribution in [-0.2, 0) is 9.53 Å². The number of nitrogen functional groups attached to an aromatic ring is 1. The lowest BCUT2D eigenvalue weighted by Gasteiger charge is -2.32. The van der Waals surface area contributed by atoms with Gasteiger partial charge < -0.3 is 15.4 Å². The van der Waals surface area contributed by atoms with Crippen molar-refractivity contribution in [2.45, 2.75) is 19.8 Å². The maximum Gasteiger partial charge on any atom is 0.309 e. The number of pyridine rings is 1. The Morgan fingerprint density at radius 1 is 1.36 bits per heavy atom. The van der Waals surface area contributed by atoms with Crippen molar-refractivity contribution in [3.63, 3.8) is 0 Å². The molecule has 0 atom stereocenters. The first kappa shape index (κ1) is 14.6. The molecule has 22 heavy (non-hydrogen) atoms. The van der Waals surface area contributed by atoms with Gasteiger partial charge in [0.15, 0.2) is 0 Å². The van der Waals surface area contributed by atoms with E-state index < -0.39 is 0 Å². The number of nitrogens with two attached hydrogens (primary N) is 1. The zero-order chi connectivity index (χ0) is 15.5. The van der Waals surface area contributed by atoms with Crippen molar-refractivity contribution in [3.8, 4) is 0 Å². The third-order valence-corrected chi connectivity index (χ3v) is 4.22. The number of ether oxygens (including phenoxy) is 1. The molecule has 2 aromatic rings. The van der Waals surface area contributed by atoms with Crippen molar-refractivity contribution in [2.24, 2.45) is 5.92 Å². The lowest BCUT2D eigenvalue weighted by molar-refractivity contribution is -0.148. The van der Waals surface area contributed by atoms with E-state index in [1.165, 1.54) is 0 Å². The van der Waals surface area contributed by atoms with Crippen LogP contribution in [0.2, 0.25) is 0 Å². The second kappa shape index (κ2) is 6.22. The molecule has 1 aliphatic rings. The van der Waals surface area contributed by atoms with E-state index in [0.29, 0.717) is 6.61 Å². The number of fused-ring (bicyclic) bond motifs is 1. The zero-order valence-electron chi connectivity index (χ0n) is 12.8. The fourth-order valence-electron chi connectivity index (χ4n) is 3.07. The van der Waals surface area contributed by atoms with Gasteiger partial charge in [-0.25, -0.2) is 4.98 Å². The molecular weight excluding hydrogens is 278 g/mol. The molecule has 116 valence electrons. The van der Waals surface area contributed by atoms with E-state index in [1.807, 2.05) is 37.4 Å². The number of aromatic nitrogens is 1. The van der Waals surface area contributed by atoms with Crippen molar-refractivity contribution < 1.29 is 9.53 Å². The highest BCUT2D eigenvalue weighted by Crippen LogP contribution is 2.32. The van der Waals surface area contributed by atoms with E-state index in [2.05, 4.69) is 9.88 Å². The molecule has 0 spiro atoms. The summed E-state index contributed by atoms with van der Waals surface area (Å²) in [6.45, 7) is 3.88. The molecule has 1 saturated heterocycles. The van der Waals surface area contributed by atoms with Gasteiger partial charge in [0.2, 0.25) is 0 Å². The topological polar surface area (TPSA) is 68.5 Å². The molecule has 0 saturated carbocycles. The predicted octanol–water partition coefficient (Wildman–Crippen LogP) is 2.60. The first-order chi connectivity index (χ1) is 10.7. The average Bonchev–Trinajstić information content (AvgIpc) is 2.55. The lowest BCUT2D eigenvalue weighted by atomic mass is 9.96. The van der Waals surface area contributed by atoms with E-state index in [0.717, 1.165) is 48.2 Å². The first-order valence-corrected chi connectivity index (χ1v) is 7.75. The van der Waals surface area contributed by atoms with Crippen molar-refractivity contribution in [3.05, 3.63) is 30.5 Å². The minimum Gasteiger partial charge on any atom is -0.466 e. The maximum absolute atomic E-state index is 11.8. The number of anilines is 2. The average molecular weight is 299 g/mol. The van der Waals surface area contributed by atoms with Crippen LogP contribution in [0.5, 0.6) is 0 Å². The smallest absolute Gasteiger partial charge is 0.309 e. The van der Waals surface area contributed by atoms with Gasteiger partial charge >= 0.3 is 5.97 Å². The number of benzene rings is 1. The number of piperidine rings is 1. The van der Waals surface area contributed by atoms with Crippen LogP contribution in [0.15, 0.2) is 30.5 Å². The Bertz CT molecular complexity index is 673. The van der Waals surface area contributed by atoms with Crippen LogP contribution in [0.1, 0.15) is 19.8 Å². The number of hydrogen-bond acceptors (Lipinski definition) is 5. The van der Waals surface area contributed by atoms with Gasteiger partial charge in [0, 0.05) is 30.4 Å². The van der Waals surface area contributed by atoms with Crippen molar-refractivity contribution in [2.75, 3.05) is 30.3 Å². The van der Waals surface area contributed by atoms with E-state index in [1.54, 1.807) is 0 Å². The Hall–Kier alpha value is -2.30. The van der Waals surface area contributed by atoms with Crippen LogP contribution in [0.3, 0.4) is 0 Å². The van der Waals surface area contributed by atoms with Gasteiger partial charge in [0.05, 0.1) is 12.5 Å². The first-order valence-electron chi connectivity index (χ1n) is 7.75. The molecule has 5 heteroatoms. The largest absolute Gasteiger partial charge is 0.466 e. The van der Waals surface area contributed by atoms with Crippen LogP contribution in [0, 0.1) is 5.92 Å². The fourth-order valence-corrected chi connectivity index (χ4v) is 3.07. The number of nitrogens with zero attached hydrogens (tertiary/aromatic N) is 2. The highest BCUT2D eigenvalue weighted by Gasteiger charge is 2.27. The van der Waals surface area contributed by atoms with Gasteiger partial charge in [0.1, 0.15) is 5.82 Å². The standard InChI is InChI=1S/C17H21N3O2/c1-2-22-17(21)13-7-10-20(11-8-13)16-15-12(6-9-19-16)4-3-5-14(15)18/h3-6,9,13H,2,7-8,10-11,18H2,1H3. The summed E-state index contributed by atoms with van der Waals surface area (Å²) >= 11 is 0. The number of rotatable bonds is 3. The molecule has 1 fully saturated rings. The molecule has 2 N–H and O–H groups in total. The third-order valence-electron chi connectivity index (χ3n) is 4.22. The van der Waals surface area contributed by atoms with Crippen molar-refractivity contribution in [1.82, 2.24) is 4.98 Å². The summed E-state index contributed by atoms with van der Waals surface area (Å²) < 4.78 is 5.12. The highest BCUT2D eigenvalue weighted by molar-refractivity contribution is 6.01. The molecule has 2 heterocycles. The van der Waals surface area contributed by atoms with Crippen LogP contribution >= 0.6 is 0 Å². The van der Waals surface area contributed by atoms with E-state index in [4.69, 9.17) is 10.5 Å². The molecule has 0 bridgehead atoms. The Morgan fingerprint density at radius 3 is 2.86 bits per heavy atom. The Kier molecular flexibility index (Phi) is 4.13. The summed E-state index contributed by atoms with van der Waals surface area (Å²) in [4.78, 5) is 18.6. The molecule has 1 aromatic carbocycles. The van der Waals surface area contributed by atoms with Crippen molar-refractivity contribution in [1.29, 1.82) is 0 Å². The van der Waals surface area contributed by atoms with Crippen LogP contribution in [0.4, 0.5) is 11.5 Å². The minimum absolute atomic E-state index is 0.00326. The number of hydrogen-bond donors (Lipinski definition) is 1. The van der Waals surface area contributed by atoms with E-state index in [-0.39, 0.29) is 11.9 Å². The Morgan fingerprint density at radius 2 is 2.14 bits per heavy atom. The van der Waals surface area contributed by atoms with Gasteiger partial charge in [-0.2, -0.15) is 0 Å². The monoisotopic (exact) mass is 299 g/mol. The minimum atomic E-state index is -0.0763. The van der Waals surface area contributed by atoms with E-state index in [9.17, 15) is 4.79 Å². The molecule has 0 radical (unpaired) electrons. The molecule has 1 aromatic heterocycles. The molecule has 0 amide bonds. The van der Waals surface area contributed by atoms with Crippen LogP contribution < -0.4 is 10.6 Å². The SMILES string of the molecule is CCOC(=O)C1CCN(c2nccc3cccc(N)c23)CC1. The zero-order valence-corrected chi connectivity index (χ0v) is 12.8. The van der Waals surface area contributed by atoms with Crippen LogP contribution in [-0.4, -0.2) is 30.6 Å². The predicted molar refractivity (Wildman–Crippen MR) is 87.7 cm³/mol. The molecule has 5 nitrogen and oxygen atoms in total. The molecular formula is C17H21N3O2. The van der Waals surface area contributed by atoms with E-state index >= 15 is 0 Å².